The van der Waals surface area contributed by atoms with Gasteiger partial charge in [-0.3, -0.25) is 9.59 Å². The van der Waals surface area contributed by atoms with Crippen molar-refractivity contribution >= 4 is 12.6 Å². The Morgan fingerprint density at radius 1 is 1.35 bits per heavy atom. The lowest BCUT2D eigenvalue weighted by atomic mass is 10.1. The van der Waals surface area contributed by atoms with E-state index in [2.05, 4.69) is 0 Å². The zero-order valence-corrected chi connectivity index (χ0v) is 11.3. The smallest absolute Gasteiger partial charge is 0.245 e. The largest absolute Gasteiger partial charge is 0.493 e. The summed E-state index contributed by atoms with van der Waals surface area (Å²) in [6.45, 7) is 1.66. The Morgan fingerprint density at radius 3 is 2.55 bits per heavy atom. The van der Waals surface area contributed by atoms with E-state index in [1.807, 2.05) is 0 Å². The van der Waals surface area contributed by atoms with Crippen molar-refractivity contribution in [2.45, 2.75) is 31.7 Å². The van der Waals surface area contributed by atoms with E-state index >= 15 is 0 Å². The summed E-state index contributed by atoms with van der Waals surface area (Å²) in [6, 6.07) is 4.36. The second-order valence-corrected chi connectivity index (χ2v) is 4.15. The summed E-state index contributed by atoms with van der Waals surface area (Å²) in [4.78, 5) is 21.5. The molecule has 0 aliphatic heterocycles. The predicted molar refractivity (Wildman–Crippen MR) is 70.8 cm³/mol. The lowest BCUT2D eigenvalue weighted by molar-refractivity contribution is -0.0284. The molecule has 0 spiro atoms. The van der Waals surface area contributed by atoms with E-state index in [1.165, 1.54) is 31.6 Å². The number of aliphatic hydroxyl groups is 2. The molecule has 6 nitrogen and oxygen atoms in total. The Balaban J connectivity index is 2.94. The monoisotopic (exact) mass is 281 g/mol. The van der Waals surface area contributed by atoms with Crippen LogP contribution in [0.25, 0.3) is 0 Å². The molecule has 6 heteroatoms. The van der Waals surface area contributed by atoms with E-state index < -0.39 is 18.3 Å². The molecule has 20 heavy (non-hydrogen) atoms. The SMILES string of the molecule is CCC(O)C(O)C([C]=O)Oc1ccc(C=O)cc1OC. The molecule has 0 fully saturated rings. The summed E-state index contributed by atoms with van der Waals surface area (Å²) in [5.41, 5.74) is 0.384. The Labute approximate surface area is 116 Å². The zero-order chi connectivity index (χ0) is 15.1. The summed E-state index contributed by atoms with van der Waals surface area (Å²) >= 11 is 0. The van der Waals surface area contributed by atoms with E-state index in [0.717, 1.165) is 0 Å². The Hall–Kier alpha value is -1.92. The van der Waals surface area contributed by atoms with Crippen LogP contribution >= 0.6 is 0 Å². The molecule has 0 heterocycles. The summed E-state index contributed by atoms with van der Waals surface area (Å²) in [5, 5.41) is 19.3. The van der Waals surface area contributed by atoms with Crippen molar-refractivity contribution in [2.75, 3.05) is 7.11 Å². The highest BCUT2D eigenvalue weighted by molar-refractivity contribution is 5.76. The minimum absolute atomic E-state index is 0.175. The molecule has 0 saturated heterocycles. The van der Waals surface area contributed by atoms with Gasteiger partial charge >= 0.3 is 0 Å². The van der Waals surface area contributed by atoms with E-state index in [-0.39, 0.29) is 17.9 Å². The lowest BCUT2D eigenvalue weighted by Crippen LogP contribution is -2.41. The maximum absolute atomic E-state index is 10.9. The van der Waals surface area contributed by atoms with E-state index in [9.17, 15) is 19.8 Å². The van der Waals surface area contributed by atoms with Crippen LogP contribution < -0.4 is 9.47 Å². The third-order valence-corrected chi connectivity index (χ3v) is 2.82. The quantitative estimate of drug-likeness (QED) is 0.674. The molecule has 109 valence electrons. The molecule has 0 saturated carbocycles. The molecule has 0 aliphatic carbocycles. The number of aliphatic hydroxyl groups excluding tert-OH is 2. The summed E-state index contributed by atoms with van der Waals surface area (Å²) < 4.78 is 10.3. The highest BCUT2D eigenvalue weighted by atomic mass is 16.5. The van der Waals surface area contributed by atoms with Crippen molar-refractivity contribution < 1.29 is 29.3 Å². The first-order valence-corrected chi connectivity index (χ1v) is 6.11. The molecule has 0 bridgehead atoms. The Kier molecular flexibility index (Phi) is 6.14. The average molecular weight is 281 g/mol. The molecule has 3 atom stereocenters. The normalized spacial score (nSPS) is 15.0. The molecule has 0 amide bonds. The first-order chi connectivity index (χ1) is 9.57. The van der Waals surface area contributed by atoms with Crippen LogP contribution in [-0.4, -0.2) is 48.2 Å². The number of ether oxygens (including phenoxy) is 2. The second kappa shape index (κ2) is 7.62. The van der Waals surface area contributed by atoms with Crippen LogP contribution in [0.2, 0.25) is 0 Å². The number of hydrogen-bond donors (Lipinski definition) is 2. The van der Waals surface area contributed by atoms with Gasteiger partial charge in [0.1, 0.15) is 12.4 Å². The van der Waals surface area contributed by atoms with Crippen molar-refractivity contribution in [3.63, 3.8) is 0 Å². The highest BCUT2D eigenvalue weighted by Gasteiger charge is 2.28. The topological polar surface area (TPSA) is 93.1 Å². The Morgan fingerprint density at radius 2 is 2.05 bits per heavy atom. The van der Waals surface area contributed by atoms with Crippen LogP contribution in [0.1, 0.15) is 23.7 Å². The fraction of sp³-hybridized carbons (Fsp3) is 0.429. The maximum atomic E-state index is 10.9. The summed E-state index contributed by atoms with van der Waals surface area (Å²) in [6.07, 6.45) is -1.39. The fourth-order valence-electron chi connectivity index (χ4n) is 1.60. The van der Waals surface area contributed by atoms with Crippen molar-refractivity contribution in [3.05, 3.63) is 23.8 Å². The third-order valence-electron chi connectivity index (χ3n) is 2.82. The van der Waals surface area contributed by atoms with Gasteiger partial charge in [0, 0.05) is 5.56 Å². The molecule has 2 N–H and O–H groups in total. The number of methoxy groups -OCH3 is 1. The lowest BCUT2D eigenvalue weighted by Gasteiger charge is -2.23. The molecular weight excluding hydrogens is 264 g/mol. The van der Waals surface area contributed by atoms with Crippen LogP contribution in [0.4, 0.5) is 0 Å². The number of rotatable bonds is 8. The molecule has 1 aromatic carbocycles. The first kappa shape index (κ1) is 16.1. The third kappa shape index (κ3) is 3.79. The molecule has 1 rings (SSSR count). The molecule has 1 aromatic rings. The van der Waals surface area contributed by atoms with Gasteiger partial charge < -0.3 is 19.7 Å². The fourth-order valence-corrected chi connectivity index (χ4v) is 1.60. The van der Waals surface area contributed by atoms with Crippen LogP contribution in [0.3, 0.4) is 0 Å². The summed E-state index contributed by atoms with van der Waals surface area (Å²) in [5.74, 6) is 0.418. The number of carbonyl (C=O) groups excluding carboxylic acids is 2. The molecule has 0 aliphatic rings. The number of aldehydes is 1. The average Bonchev–Trinajstić information content (AvgIpc) is 2.50. The van der Waals surface area contributed by atoms with Gasteiger partial charge in [0.25, 0.3) is 0 Å². The minimum Gasteiger partial charge on any atom is -0.493 e. The van der Waals surface area contributed by atoms with E-state index in [1.54, 1.807) is 6.92 Å². The van der Waals surface area contributed by atoms with Crippen LogP contribution in [0.15, 0.2) is 18.2 Å². The molecule has 0 aromatic heterocycles. The van der Waals surface area contributed by atoms with Crippen LogP contribution in [-0.2, 0) is 4.79 Å². The molecule has 3 unspecified atom stereocenters. The first-order valence-electron chi connectivity index (χ1n) is 6.11. The van der Waals surface area contributed by atoms with Crippen molar-refractivity contribution in [1.29, 1.82) is 0 Å². The summed E-state index contributed by atoms with van der Waals surface area (Å²) in [7, 11) is 1.38. The van der Waals surface area contributed by atoms with E-state index in [4.69, 9.17) is 9.47 Å². The zero-order valence-electron chi connectivity index (χ0n) is 11.3. The molecule has 1 radical (unpaired) electrons. The predicted octanol–water partition coefficient (Wildman–Crippen LogP) is 0.497. The van der Waals surface area contributed by atoms with Gasteiger partial charge in [0.2, 0.25) is 6.29 Å². The van der Waals surface area contributed by atoms with Gasteiger partial charge in [-0.25, -0.2) is 0 Å². The van der Waals surface area contributed by atoms with Gasteiger partial charge in [0.15, 0.2) is 17.6 Å². The van der Waals surface area contributed by atoms with E-state index in [0.29, 0.717) is 11.8 Å². The van der Waals surface area contributed by atoms with Gasteiger partial charge in [-0.15, -0.1) is 0 Å². The van der Waals surface area contributed by atoms with Gasteiger partial charge in [-0.1, -0.05) is 6.92 Å². The standard InChI is InChI=1S/C14H17O6/c1-3-10(17)14(18)13(8-16)20-11-5-4-9(7-15)6-12(11)19-2/h4-7,10,13-14,17-18H,3H2,1-2H3. The maximum Gasteiger partial charge on any atom is 0.245 e. The van der Waals surface area contributed by atoms with Gasteiger partial charge in [-0.05, 0) is 24.6 Å². The number of benzene rings is 1. The van der Waals surface area contributed by atoms with Crippen LogP contribution in [0.5, 0.6) is 11.5 Å². The molecular formula is C14H17O6. The highest BCUT2D eigenvalue weighted by Crippen LogP contribution is 2.29. The van der Waals surface area contributed by atoms with Crippen LogP contribution in [0, 0.1) is 0 Å². The number of hydrogen-bond acceptors (Lipinski definition) is 6. The van der Waals surface area contributed by atoms with Gasteiger partial charge in [-0.2, -0.15) is 0 Å². The minimum atomic E-state index is -1.40. The second-order valence-electron chi connectivity index (χ2n) is 4.15. The Bertz CT molecular complexity index is 459. The van der Waals surface area contributed by atoms with Crippen molar-refractivity contribution in [3.8, 4) is 11.5 Å². The van der Waals surface area contributed by atoms with Gasteiger partial charge in [0.05, 0.1) is 13.2 Å². The van der Waals surface area contributed by atoms with Crippen molar-refractivity contribution in [2.24, 2.45) is 0 Å². The van der Waals surface area contributed by atoms with Crippen molar-refractivity contribution in [1.82, 2.24) is 0 Å². The number of carbonyl (C=O) groups is 1.